The summed E-state index contributed by atoms with van der Waals surface area (Å²) in [7, 11) is -3.99. The lowest BCUT2D eigenvalue weighted by Crippen LogP contribution is -2.27. The summed E-state index contributed by atoms with van der Waals surface area (Å²) in [6.07, 6.45) is -1.13. The van der Waals surface area contributed by atoms with E-state index in [1.807, 2.05) is 0 Å². The molecule has 9 heteroatoms. The summed E-state index contributed by atoms with van der Waals surface area (Å²) in [4.78, 5) is 3.84. The number of sulfonamides is 1. The van der Waals surface area contributed by atoms with E-state index < -0.39 is 27.7 Å². The van der Waals surface area contributed by atoms with E-state index in [4.69, 9.17) is 5.14 Å². The zero-order chi connectivity index (χ0) is 18.9. The molecule has 0 radical (unpaired) electrons. The van der Waals surface area contributed by atoms with E-state index in [9.17, 15) is 21.6 Å². The summed E-state index contributed by atoms with van der Waals surface area (Å²) in [5, 5.41) is 8.21. The maximum absolute atomic E-state index is 13.3. The van der Waals surface area contributed by atoms with Crippen molar-refractivity contribution in [3.8, 4) is 0 Å². The van der Waals surface area contributed by atoms with Crippen LogP contribution >= 0.6 is 0 Å². The standard InChI is InChI=1S/C17H18F3N3O2S/c18-17(19,20)13-7-2-1-5-11(13)12-6-3-8-14(12)23-16-15(26(21,24)25)9-4-10-22-16/h1-2,4-5,7,9-10,12,14H,3,6,8H2,(H,22,23)(H2,21,24,25). The van der Waals surface area contributed by atoms with Gasteiger partial charge in [0, 0.05) is 18.2 Å². The molecule has 2 unspecified atom stereocenters. The maximum Gasteiger partial charge on any atom is 0.416 e. The molecule has 1 aromatic heterocycles. The quantitative estimate of drug-likeness (QED) is 0.844. The summed E-state index contributed by atoms with van der Waals surface area (Å²) in [6, 6.07) is 7.88. The Balaban J connectivity index is 1.95. The zero-order valence-corrected chi connectivity index (χ0v) is 14.5. The summed E-state index contributed by atoms with van der Waals surface area (Å²) >= 11 is 0. The number of hydrogen-bond donors (Lipinski definition) is 2. The fourth-order valence-corrected chi connectivity index (χ4v) is 4.14. The molecular formula is C17H18F3N3O2S. The van der Waals surface area contributed by atoms with E-state index >= 15 is 0 Å². The van der Waals surface area contributed by atoms with Gasteiger partial charge in [0.25, 0.3) is 0 Å². The van der Waals surface area contributed by atoms with Crippen LogP contribution in [0.5, 0.6) is 0 Å². The molecular weight excluding hydrogens is 367 g/mol. The summed E-state index contributed by atoms with van der Waals surface area (Å²) < 4.78 is 63.5. The van der Waals surface area contributed by atoms with Crippen LogP contribution in [0.15, 0.2) is 47.5 Å². The van der Waals surface area contributed by atoms with E-state index in [-0.39, 0.29) is 22.3 Å². The third kappa shape index (κ3) is 3.83. The molecule has 5 nitrogen and oxygen atoms in total. The third-order valence-electron chi connectivity index (χ3n) is 4.58. The molecule has 26 heavy (non-hydrogen) atoms. The van der Waals surface area contributed by atoms with Crippen molar-refractivity contribution >= 4 is 15.8 Å². The predicted octanol–water partition coefficient (Wildman–Crippen LogP) is 3.50. The molecule has 2 aromatic rings. The van der Waals surface area contributed by atoms with E-state index in [1.54, 1.807) is 6.07 Å². The number of anilines is 1. The molecule has 1 saturated carbocycles. The summed E-state index contributed by atoms with van der Waals surface area (Å²) in [5.41, 5.74) is -0.450. The minimum Gasteiger partial charge on any atom is -0.366 e. The number of rotatable bonds is 4. The molecule has 3 rings (SSSR count). The number of pyridine rings is 1. The summed E-state index contributed by atoms with van der Waals surface area (Å²) in [5.74, 6) is -0.334. The Hall–Kier alpha value is -2.13. The first kappa shape index (κ1) is 18.7. The Labute approximate surface area is 149 Å². The lowest BCUT2D eigenvalue weighted by atomic mass is 9.90. The van der Waals surface area contributed by atoms with Gasteiger partial charge >= 0.3 is 6.18 Å². The zero-order valence-electron chi connectivity index (χ0n) is 13.7. The Morgan fingerprint density at radius 3 is 2.54 bits per heavy atom. The molecule has 1 heterocycles. The van der Waals surface area contributed by atoms with Crippen molar-refractivity contribution in [2.45, 2.75) is 42.3 Å². The van der Waals surface area contributed by atoms with Gasteiger partial charge in [-0.15, -0.1) is 0 Å². The second-order valence-electron chi connectivity index (χ2n) is 6.27. The SMILES string of the molecule is NS(=O)(=O)c1cccnc1NC1CCCC1c1ccccc1C(F)(F)F. The van der Waals surface area contributed by atoms with E-state index in [1.165, 1.54) is 30.5 Å². The topological polar surface area (TPSA) is 85.1 Å². The lowest BCUT2D eigenvalue weighted by molar-refractivity contribution is -0.138. The Morgan fingerprint density at radius 1 is 1.12 bits per heavy atom. The predicted molar refractivity (Wildman–Crippen MR) is 91.1 cm³/mol. The van der Waals surface area contributed by atoms with Crippen LogP contribution in [0.2, 0.25) is 0 Å². The van der Waals surface area contributed by atoms with Gasteiger partial charge in [-0.3, -0.25) is 0 Å². The number of nitrogens with one attached hydrogen (secondary N) is 1. The van der Waals surface area contributed by atoms with Crippen LogP contribution in [-0.4, -0.2) is 19.4 Å². The first-order valence-electron chi connectivity index (χ1n) is 8.08. The summed E-state index contributed by atoms with van der Waals surface area (Å²) in [6.45, 7) is 0. The highest BCUT2D eigenvalue weighted by molar-refractivity contribution is 7.89. The van der Waals surface area contributed by atoms with Crippen LogP contribution in [-0.2, 0) is 16.2 Å². The number of alkyl halides is 3. The fraction of sp³-hybridized carbons (Fsp3) is 0.353. The van der Waals surface area contributed by atoms with Gasteiger partial charge in [0.15, 0.2) is 0 Å². The molecule has 0 aliphatic heterocycles. The Bertz CT molecular complexity index is 900. The number of hydrogen-bond acceptors (Lipinski definition) is 4. The van der Waals surface area contributed by atoms with Crippen LogP contribution in [0, 0.1) is 0 Å². The average Bonchev–Trinajstić information content (AvgIpc) is 3.01. The van der Waals surface area contributed by atoms with Gasteiger partial charge in [-0.1, -0.05) is 24.6 Å². The molecule has 1 fully saturated rings. The molecule has 1 aliphatic rings. The van der Waals surface area contributed by atoms with Crippen molar-refractivity contribution in [3.05, 3.63) is 53.7 Å². The molecule has 0 bridgehead atoms. The van der Waals surface area contributed by atoms with Crippen molar-refractivity contribution in [2.24, 2.45) is 5.14 Å². The molecule has 0 amide bonds. The van der Waals surface area contributed by atoms with Gasteiger partial charge in [0.1, 0.15) is 10.7 Å². The van der Waals surface area contributed by atoms with Gasteiger partial charge < -0.3 is 5.32 Å². The average molecular weight is 385 g/mol. The minimum absolute atomic E-state index is 0.0661. The molecule has 1 aliphatic carbocycles. The molecule has 3 N–H and O–H groups in total. The fourth-order valence-electron chi connectivity index (χ4n) is 3.49. The maximum atomic E-state index is 13.3. The monoisotopic (exact) mass is 385 g/mol. The highest BCUT2D eigenvalue weighted by Crippen LogP contribution is 2.42. The van der Waals surface area contributed by atoms with Crippen molar-refractivity contribution in [3.63, 3.8) is 0 Å². The van der Waals surface area contributed by atoms with Crippen molar-refractivity contribution in [1.29, 1.82) is 0 Å². The molecule has 140 valence electrons. The number of aromatic nitrogens is 1. The first-order valence-corrected chi connectivity index (χ1v) is 9.63. The van der Waals surface area contributed by atoms with E-state index in [2.05, 4.69) is 10.3 Å². The van der Waals surface area contributed by atoms with Gasteiger partial charge in [-0.2, -0.15) is 13.2 Å². The van der Waals surface area contributed by atoms with Crippen LogP contribution in [0.4, 0.5) is 19.0 Å². The van der Waals surface area contributed by atoms with Crippen LogP contribution in [0.25, 0.3) is 0 Å². The Kier molecular flexibility index (Phi) is 4.94. The van der Waals surface area contributed by atoms with Gasteiger partial charge in [0.2, 0.25) is 10.0 Å². The largest absolute Gasteiger partial charge is 0.416 e. The smallest absolute Gasteiger partial charge is 0.366 e. The third-order valence-corrected chi connectivity index (χ3v) is 5.52. The minimum atomic E-state index is -4.44. The highest BCUT2D eigenvalue weighted by Gasteiger charge is 2.38. The van der Waals surface area contributed by atoms with Crippen molar-refractivity contribution in [1.82, 2.24) is 4.98 Å². The molecule has 0 spiro atoms. The van der Waals surface area contributed by atoms with Crippen LogP contribution in [0.3, 0.4) is 0 Å². The Morgan fingerprint density at radius 2 is 1.85 bits per heavy atom. The normalized spacial score (nSPS) is 20.9. The van der Waals surface area contributed by atoms with E-state index in [0.717, 1.165) is 12.5 Å². The second-order valence-corrected chi connectivity index (χ2v) is 7.80. The number of nitrogens with zero attached hydrogens (tertiary/aromatic N) is 1. The number of benzene rings is 1. The van der Waals surface area contributed by atoms with Crippen molar-refractivity contribution < 1.29 is 21.6 Å². The number of nitrogens with two attached hydrogens (primary N) is 1. The van der Waals surface area contributed by atoms with Crippen LogP contribution < -0.4 is 10.5 Å². The number of primary sulfonamides is 1. The van der Waals surface area contributed by atoms with E-state index in [0.29, 0.717) is 12.8 Å². The molecule has 2 atom stereocenters. The van der Waals surface area contributed by atoms with Crippen molar-refractivity contribution in [2.75, 3.05) is 5.32 Å². The van der Waals surface area contributed by atoms with Gasteiger partial charge in [-0.25, -0.2) is 18.5 Å². The van der Waals surface area contributed by atoms with Gasteiger partial charge in [-0.05, 0) is 36.6 Å². The first-order chi connectivity index (χ1) is 12.2. The second kappa shape index (κ2) is 6.88. The number of halogens is 3. The molecule has 1 aromatic carbocycles. The molecule has 0 saturated heterocycles. The lowest BCUT2D eigenvalue weighted by Gasteiger charge is -2.25. The van der Waals surface area contributed by atoms with Crippen LogP contribution in [0.1, 0.15) is 36.3 Å². The highest BCUT2D eigenvalue weighted by atomic mass is 32.2. The van der Waals surface area contributed by atoms with Gasteiger partial charge in [0.05, 0.1) is 5.56 Å².